The second-order valence-electron chi connectivity index (χ2n) is 4.10. The summed E-state index contributed by atoms with van der Waals surface area (Å²) in [5.41, 5.74) is 6.99. The van der Waals surface area contributed by atoms with Gasteiger partial charge in [-0.1, -0.05) is 37.3 Å². The average molecular weight is 252 g/mol. The van der Waals surface area contributed by atoms with E-state index < -0.39 is 0 Å². The Labute approximate surface area is 110 Å². The van der Waals surface area contributed by atoms with E-state index in [-0.39, 0.29) is 0 Å². The minimum atomic E-state index is 0.784. The number of hydrogen-bond donors (Lipinski definition) is 1. The van der Waals surface area contributed by atoms with E-state index in [1.807, 2.05) is 11.8 Å². The molecule has 0 bridgehead atoms. The highest BCUT2D eigenvalue weighted by Gasteiger charge is 2.04. The molecule has 0 aromatic heterocycles. The highest BCUT2D eigenvalue weighted by atomic mass is 32.2. The molecule has 0 saturated heterocycles. The molecular weight excluding hydrogens is 228 g/mol. The highest BCUT2D eigenvalue weighted by molar-refractivity contribution is 7.99. The molecular formula is C14H24N2S. The Balaban J connectivity index is 2.39. The second-order valence-corrected chi connectivity index (χ2v) is 5.49. The zero-order valence-electron chi connectivity index (χ0n) is 10.8. The predicted molar refractivity (Wildman–Crippen MR) is 78.4 cm³/mol. The van der Waals surface area contributed by atoms with Crippen LogP contribution in [-0.4, -0.2) is 36.0 Å². The third kappa shape index (κ3) is 6.71. The van der Waals surface area contributed by atoms with Gasteiger partial charge in [0, 0.05) is 18.8 Å². The van der Waals surface area contributed by atoms with Crippen LogP contribution in [0.5, 0.6) is 0 Å². The summed E-state index contributed by atoms with van der Waals surface area (Å²) >= 11 is 2.01. The first-order chi connectivity index (χ1) is 8.36. The van der Waals surface area contributed by atoms with Crippen molar-refractivity contribution in [3.8, 4) is 0 Å². The fourth-order valence-corrected chi connectivity index (χ4v) is 2.44. The van der Waals surface area contributed by atoms with E-state index in [4.69, 9.17) is 5.73 Å². The van der Waals surface area contributed by atoms with Crippen LogP contribution in [-0.2, 0) is 6.54 Å². The molecule has 17 heavy (non-hydrogen) atoms. The molecule has 3 heteroatoms. The summed E-state index contributed by atoms with van der Waals surface area (Å²) in [4.78, 5) is 2.50. The molecule has 0 aliphatic carbocycles. The average Bonchev–Trinajstić information content (AvgIpc) is 2.37. The largest absolute Gasteiger partial charge is 0.330 e. The number of benzene rings is 1. The second kappa shape index (κ2) is 9.51. The van der Waals surface area contributed by atoms with E-state index in [1.54, 1.807) is 0 Å². The van der Waals surface area contributed by atoms with Crippen LogP contribution >= 0.6 is 11.8 Å². The zero-order chi connectivity index (χ0) is 12.3. The first kappa shape index (κ1) is 14.6. The summed E-state index contributed by atoms with van der Waals surface area (Å²) in [6, 6.07) is 10.7. The van der Waals surface area contributed by atoms with Crippen LogP contribution in [0.25, 0.3) is 0 Å². The smallest absolute Gasteiger partial charge is 0.0234 e. The minimum absolute atomic E-state index is 0.784. The van der Waals surface area contributed by atoms with E-state index in [0.29, 0.717) is 0 Å². The third-order valence-electron chi connectivity index (χ3n) is 2.68. The first-order valence-electron chi connectivity index (χ1n) is 6.41. The summed E-state index contributed by atoms with van der Waals surface area (Å²) in [5.74, 6) is 2.42. The standard InChI is InChI=1S/C14H24N2S/c1-2-17-12-11-16(10-6-9-15)13-14-7-4-3-5-8-14/h3-5,7-8H,2,6,9-13,15H2,1H3. The van der Waals surface area contributed by atoms with Gasteiger partial charge < -0.3 is 5.73 Å². The molecule has 0 heterocycles. The molecule has 96 valence electrons. The topological polar surface area (TPSA) is 29.3 Å². The van der Waals surface area contributed by atoms with Gasteiger partial charge in [0.05, 0.1) is 0 Å². The Bertz CT molecular complexity index is 277. The molecule has 0 amide bonds. The van der Waals surface area contributed by atoms with Crippen molar-refractivity contribution in [3.63, 3.8) is 0 Å². The van der Waals surface area contributed by atoms with Crippen LogP contribution in [0.1, 0.15) is 18.9 Å². The molecule has 0 radical (unpaired) electrons. The lowest BCUT2D eigenvalue weighted by atomic mass is 10.2. The van der Waals surface area contributed by atoms with Crippen LogP contribution in [0, 0.1) is 0 Å². The lowest BCUT2D eigenvalue weighted by Gasteiger charge is -2.21. The predicted octanol–water partition coefficient (Wildman–Crippen LogP) is 2.59. The van der Waals surface area contributed by atoms with Crippen molar-refractivity contribution in [3.05, 3.63) is 35.9 Å². The molecule has 0 saturated carbocycles. The molecule has 1 rings (SSSR count). The van der Waals surface area contributed by atoms with Crippen molar-refractivity contribution in [2.45, 2.75) is 19.9 Å². The number of rotatable bonds is 9. The first-order valence-corrected chi connectivity index (χ1v) is 7.56. The van der Waals surface area contributed by atoms with Gasteiger partial charge in [-0.05, 0) is 30.8 Å². The third-order valence-corrected chi connectivity index (χ3v) is 3.56. The maximum atomic E-state index is 5.59. The zero-order valence-corrected chi connectivity index (χ0v) is 11.6. The van der Waals surface area contributed by atoms with Gasteiger partial charge in [0.15, 0.2) is 0 Å². The van der Waals surface area contributed by atoms with Gasteiger partial charge in [-0.15, -0.1) is 0 Å². The van der Waals surface area contributed by atoms with Crippen LogP contribution in [0.3, 0.4) is 0 Å². The van der Waals surface area contributed by atoms with Gasteiger partial charge in [0.2, 0.25) is 0 Å². The van der Waals surface area contributed by atoms with Gasteiger partial charge in [-0.25, -0.2) is 0 Å². The molecule has 1 aromatic rings. The molecule has 0 fully saturated rings. The summed E-state index contributed by atoms with van der Waals surface area (Å²) in [5, 5.41) is 0. The molecule has 1 aromatic carbocycles. The lowest BCUT2D eigenvalue weighted by molar-refractivity contribution is 0.280. The molecule has 0 aliphatic heterocycles. The van der Waals surface area contributed by atoms with Crippen molar-refractivity contribution >= 4 is 11.8 Å². The van der Waals surface area contributed by atoms with Gasteiger partial charge in [-0.3, -0.25) is 4.90 Å². The molecule has 2 nitrogen and oxygen atoms in total. The quantitative estimate of drug-likeness (QED) is 0.685. The number of thioether (sulfide) groups is 1. The molecule has 0 unspecified atom stereocenters. The Morgan fingerprint density at radius 2 is 1.94 bits per heavy atom. The van der Waals surface area contributed by atoms with Gasteiger partial charge in [-0.2, -0.15) is 11.8 Å². The Kier molecular flexibility index (Phi) is 8.14. The van der Waals surface area contributed by atoms with Crippen molar-refractivity contribution in [1.82, 2.24) is 4.90 Å². The van der Waals surface area contributed by atoms with E-state index in [1.165, 1.54) is 17.1 Å². The summed E-state index contributed by atoms with van der Waals surface area (Å²) in [6.45, 7) is 6.31. The normalized spacial score (nSPS) is 11.0. The number of nitrogens with two attached hydrogens (primary N) is 1. The van der Waals surface area contributed by atoms with Gasteiger partial charge >= 0.3 is 0 Å². The Morgan fingerprint density at radius 3 is 2.59 bits per heavy atom. The van der Waals surface area contributed by atoms with Crippen LogP contribution in [0.15, 0.2) is 30.3 Å². The van der Waals surface area contributed by atoms with E-state index >= 15 is 0 Å². The number of hydrogen-bond acceptors (Lipinski definition) is 3. The number of nitrogens with zero attached hydrogens (tertiary/aromatic N) is 1. The monoisotopic (exact) mass is 252 g/mol. The fourth-order valence-electron chi connectivity index (χ4n) is 1.76. The van der Waals surface area contributed by atoms with E-state index in [0.717, 1.165) is 32.6 Å². The van der Waals surface area contributed by atoms with Crippen LogP contribution in [0.4, 0.5) is 0 Å². The molecule has 0 aliphatic rings. The SMILES string of the molecule is CCSCCN(CCCN)Cc1ccccc1. The van der Waals surface area contributed by atoms with Crippen molar-refractivity contribution in [2.24, 2.45) is 5.73 Å². The Hall–Kier alpha value is -0.510. The van der Waals surface area contributed by atoms with Crippen molar-refractivity contribution in [2.75, 3.05) is 31.1 Å². The van der Waals surface area contributed by atoms with Crippen LogP contribution in [0.2, 0.25) is 0 Å². The maximum Gasteiger partial charge on any atom is 0.0234 e. The Morgan fingerprint density at radius 1 is 1.18 bits per heavy atom. The van der Waals surface area contributed by atoms with Crippen molar-refractivity contribution in [1.29, 1.82) is 0 Å². The fraction of sp³-hybridized carbons (Fsp3) is 0.571. The van der Waals surface area contributed by atoms with E-state index in [9.17, 15) is 0 Å². The lowest BCUT2D eigenvalue weighted by Crippen LogP contribution is -2.28. The molecule has 0 atom stereocenters. The summed E-state index contributed by atoms with van der Waals surface area (Å²) in [7, 11) is 0. The van der Waals surface area contributed by atoms with Gasteiger partial charge in [0.25, 0.3) is 0 Å². The highest BCUT2D eigenvalue weighted by Crippen LogP contribution is 2.07. The summed E-state index contributed by atoms with van der Waals surface area (Å²) in [6.07, 6.45) is 1.09. The molecule has 0 spiro atoms. The minimum Gasteiger partial charge on any atom is -0.330 e. The summed E-state index contributed by atoms with van der Waals surface area (Å²) < 4.78 is 0. The maximum absolute atomic E-state index is 5.59. The van der Waals surface area contributed by atoms with E-state index in [2.05, 4.69) is 42.2 Å². The van der Waals surface area contributed by atoms with Crippen molar-refractivity contribution < 1.29 is 0 Å². The van der Waals surface area contributed by atoms with Gasteiger partial charge in [0.1, 0.15) is 0 Å². The molecule has 2 N–H and O–H groups in total. The van der Waals surface area contributed by atoms with Crippen LogP contribution < -0.4 is 5.73 Å².